The largest absolute Gasteiger partial charge is 0.499 e. The summed E-state index contributed by atoms with van der Waals surface area (Å²) in [6.07, 6.45) is 0. The number of benzene rings is 1. The minimum atomic E-state index is -7.67. The van der Waals surface area contributed by atoms with Crippen molar-refractivity contribution in [3.8, 4) is 0 Å². The van der Waals surface area contributed by atoms with Crippen LogP contribution in [0.15, 0.2) is 0 Å². The first-order valence-corrected chi connectivity index (χ1v) is 8.51. The summed E-state index contributed by atoms with van der Waals surface area (Å²) < 4.78 is 180. The lowest BCUT2D eigenvalue weighted by Gasteiger charge is -2.22. The first kappa shape index (κ1) is 25.4. The molecule has 0 spiro atoms. The number of hydrogen-bond donors (Lipinski definition) is 0. The molecule has 1 rings (SSSR count). The van der Waals surface area contributed by atoms with Gasteiger partial charge in [-0.05, 0) is 0 Å². The van der Waals surface area contributed by atoms with Crippen LogP contribution in [0.2, 0.25) is 0 Å². The summed E-state index contributed by atoms with van der Waals surface area (Å²) in [6.45, 7) is 0. The van der Waals surface area contributed by atoms with E-state index in [1.54, 1.807) is 0 Å². The third kappa shape index (κ3) is 3.83. The highest BCUT2D eigenvalue weighted by atomic mass is 32.3. The zero-order valence-electron chi connectivity index (χ0n) is 11.2. The van der Waals surface area contributed by atoms with Gasteiger partial charge in [-0.15, -0.1) is 0 Å². The Morgan fingerprint density at radius 1 is 0.556 bits per heavy atom. The molecule has 0 aliphatic rings. The van der Waals surface area contributed by atoms with Crippen molar-refractivity contribution in [3.05, 3.63) is 34.6 Å². The van der Waals surface area contributed by atoms with Crippen LogP contribution in [0.5, 0.6) is 0 Å². The van der Waals surface area contributed by atoms with Crippen LogP contribution in [-0.2, 0) is 19.7 Å². The van der Waals surface area contributed by atoms with Gasteiger partial charge in [-0.1, -0.05) is 7.43 Å². The predicted octanol–water partition coefficient (Wildman–Crippen LogP) is 3.89. The number of halogens is 11. The van der Waals surface area contributed by atoms with E-state index in [0.717, 1.165) is 0 Å². The van der Waals surface area contributed by atoms with E-state index in [4.69, 9.17) is 0 Å². The summed E-state index contributed by atoms with van der Waals surface area (Å²) in [4.78, 5) is 0. The van der Waals surface area contributed by atoms with Crippen molar-refractivity contribution in [1.82, 2.24) is 0 Å². The van der Waals surface area contributed by atoms with E-state index in [9.17, 15) is 65.1 Å². The Balaban J connectivity index is 0.00000676. The molecule has 0 bridgehead atoms. The molecular formula is C10H5F11O4S2. The Labute approximate surface area is 143 Å². The lowest BCUT2D eigenvalue weighted by Crippen LogP contribution is -2.40. The summed E-state index contributed by atoms with van der Waals surface area (Å²) >= 11 is 0. The highest BCUT2D eigenvalue weighted by molar-refractivity contribution is 8.09. The van der Waals surface area contributed by atoms with Crippen LogP contribution < -0.4 is 0 Å². The molecule has 0 atom stereocenters. The molecule has 0 saturated heterocycles. The van der Waals surface area contributed by atoms with Crippen molar-refractivity contribution in [2.45, 2.75) is 23.0 Å². The molecule has 0 saturated carbocycles. The summed E-state index contributed by atoms with van der Waals surface area (Å²) in [5.74, 6) is -16.4. The molecule has 0 aliphatic heterocycles. The molecule has 0 aromatic heterocycles. The SMILES string of the molecule is C.O=S(=O)(C(c1c(F)c(F)c(F)c(F)c1F)S(=O)(=O)C(F)(F)F)C(F)(F)F. The maximum absolute atomic E-state index is 13.5. The molecule has 27 heavy (non-hydrogen) atoms. The second kappa shape index (κ2) is 7.06. The first-order chi connectivity index (χ1) is 11.3. The maximum Gasteiger partial charge on any atom is 0.499 e. The van der Waals surface area contributed by atoms with Crippen molar-refractivity contribution >= 4 is 19.7 Å². The molecule has 1 aromatic carbocycles. The van der Waals surface area contributed by atoms with Gasteiger partial charge in [0.05, 0.1) is 5.56 Å². The van der Waals surface area contributed by atoms with Crippen molar-refractivity contribution in [2.24, 2.45) is 0 Å². The van der Waals surface area contributed by atoms with Crippen LogP contribution in [0.25, 0.3) is 0 Å². The molecule has 0 N–H and O–H groups in total. The third-order valence-electron chi connectivity index (χ3n) is 2.69. The van der Waals surface area contributed by atoms with Crippen LogP contribution in [0.1, 0.15) is 17.6 Å². The van der Waals surface area contributed by atoms with Gasteiger partial charge in [0.2, 0.25) is 10.4 Å². The topological polar surface area (TPSA) is 68.3 Å². The van der Waals surface area contributed by atoms with Crippen LogP contribution in [0.4, 0.5) is 48.3 Å². The lowest BCUT2D eigenvalue weighted by molar-refractivity contribution is -0.0473. The Morgan fingerprint density at radius 2 is 0.778 bits per heavy atom. The second-order valence-corrected chi connectivity index (χ2v) is 8.64. The number of sulfone groups is 2. The van der Waals surface area contributed by atoms with E-state index >= 15 is 0 Å². The monoisotopic (exact) mass is 462 g/mol. The standard InChI is InChI=1S/C9HF11O4S2.CH4/c10-2-1(3(11)5(13)6(14)4(2)12)7(25(21,22)8(15,16)17)26(23,24)9(18,19)20;/h7H;1H4. The average molecular weight is 462 g/mol. The van der Waals surface area contributed by atoms with Crippen LogP contribution in [-0.4, -0.2) is 27.9 Å². The quantitative estimate of drug-likeness (QED) is 0.389. The molecule has 0 radical (unpaired) electrons. The van der Waals surface area contributed by atoms with Gasteiger partial charge in [0, 0.05) is 0 Å². The number of rotatable bonds is 3. The van der Waals surface area contributed by atoms with Crippen molar-refractivity contribution < 1.29 is 65.1 Å². The van der Waals surface area contributed by atoms with Crippen molar-refractivity contribution in [3.63, 3.8) is 0 Å². The normalized spacial score (nSPS) is 13.6. The Kier molecular flexibility index (Phi) is 6.63. The van der Waals surface area contributed by atoms with Crippen LogP contribution >= 0.6 is 0 Å². The molecule has 4 nitrogen and oxygen atoms in total. The summed E-state index contributed by atoms with van der Waals surface area (Å²) in [5.41, 5.74) is -17.1. The molecule has 0 fully saturated rings. The first-order valence-electron chi connectivity index (χ1n) is 5.41. The van der Waals surface area contributed by atoms with E-state index in [1.165, 1.54) is 0 Å². The molecular weight excluding hydrogens is 457 g/mol. The summed E-state index contributed by atoms with van der Waals surface area (Å²) in [5, 5.41) is 0. The minimum absolute atomic E-state index is 0. The molecule has 158 valence electrons. The highest BCUT2D eigenvalue weighted by Crippen LogP contribution is 2.47. The molecule has 0 amide bonds. The zero-order valence-corrected chi connectivity index (χ0v) is 12.8. The van der Waals surface area contributed by atoms with Gasteiger partial charge in [-0.2, -0.15) is 26.3 Å². The Hall–Kier alpha value is -1.65. The van der Waals surface area contributed by atoms with Crippen molar-refractivity contribution in [2.75, 3.05) is 0 Å². The fourth-order valence-electron chi connectivity index (χ4n) is 1.55. The van der Waals surface area contributed by atoms with Crippen LogP contribution in [0.3, 0.4) is 0 Å². The fraction of sp³-hybridized carbons (Fsp3) is 0.400. The van der Waals surface area contributed by atoms with E-state index in [0.29, 0.717) is 0 Å². The third-order valence-corrected chi connectivity index (χ3v) is 7.10. The molecule has 0 heterocycles. The molecule has 17 heteroatoms. The van der Waals surface area contributed by atoms with E-state index in [-0.39, 0.29) is 7.43 Å². The van der Waals surface area contributed by atoms with Gasteiger partial charge in [-0.3, -0.25) is 0 Å². The summed E-state index contributed by atoms with van der Waals surface area (Å²) in [7, 11) is -15.3. The smallest absolute Gasteiger partial charge is 0.218 e. The van der Waals surface area contributed by atoms with Gasteiger partial charge in [0.1, 0.15) is 0 Å². The molecule has 1 aromatic rings. The van der Waals surface area contributed by atoms with E-state index in [2.05, 4.69) is 0 Å². The Bertz CT molecular complexity index is 872. The fourth-order valence-corrected chi connectivity index (χ4v) is 5.06. The van der Waals surface area contributed by atoms with Gasteiger partial charge in [0.15, 0.2) is 23.3 Å². The average Bonchev–Trinajstić information content (AvgIpc) is 2.44. The molecule has 0 aliphatic carbocycles. The predicted molar refractivity (Wildman–Crippen MR) is 65.7 cm³/mol. The number of alkyl halides is 6. The summed E-state index contributed by atoms with van der Waals surface area (Å²) in [6, 6.07) is 0. The zero-order chi connectivity index (χ0) is 21.0. The van der Waals surface area contributed by atoms with Crippen molar-refractivity contribution in [1.29, 1.82) is 0 Å². The van der Waals surface area contributed by atoms with E-state index in [1.807, 2.05) is 0 Å². The molecule has 0 unspecified atom stereocenters. The highest BCUT2D eigenvalue weighted by Gasteiger charge is 2.65. The van der Waals surface area contributed by atoms with Gasteiger partial charge in [-0.25, -0.2) is 38.8 Å². The van der Waals surface area contributed by atoms with E-state index < -0.39 is 69.9 Å². The van der Waals surface area contributed by atoms with Gasteiger partial charge in [0.25, 0.3) is 19.7 Å². The number of hydrogen-bond acceptors (Lipinski definition) is 4. The van der Waals surface area contributed by atoms with Crippen LogP contribution in [0, 0.1) is 29.1 Å². The minimum Gasteiger partial charge on any atom is -0.218 e. The second-order valence-electron chi connectivity index (χ2n) is 4.30. The van der Waals surface area contributed by atoms with Gasteiger partial charge < -0.3 is 0 Å². The maximum atomic E-state index is 13.5. The lowest BCUT2D eigenvalue weighted by atomic mass is 10.2. The Morgan fingerprint density at radius 3 is 1.00 bits per heavy atom. The van der Waals surface area contributed by atoms with Gasteiger partial charge >= 0.3 is 11.0 Å².